The second-order valence-corrected chi connectivity index (χ2v) is 9.94. The summed E-state index contributed by atoms with van der Waals surface area (Å²) in [4.78, 5) is 24.0. The number of ether oxygens (including phenoxy) is 3. The fraction of sp³-hybridized carbons (Fsp3) is 0.714. The molecule has 0 spiro atoms. The lowest BCUT2D eigenvalue weighted by atomic mass is 10.0. The van der Waals surface area contributed by atoms with Crippen molar-refractivity contribution in [3.63, 3.8) is 0 Å². The molecular weight excluding hydrogens is 430 g/mol. The highest BCUT2D eigenvalue weighted by atomic mass is 16.6. The first-order valence-electron chi connectivity index (χ1n) is 13.0. The summed E-state index contributed by atoms with van der Waals surface area (Å²) in [5, 5.41) is 3.35. The summed E-state index contributed by atoms with van der Waals surface area (Å²) in [7, 11) is 1.42. The van der Waals surface area contributed by atoms with Gasteiger partial charge in [0.1, 0.15) is 17.4 Å². The summed E-state index contributed by atoms with van der Waals surface area (Å²) in [6.07, 6.45) is 13.4. The summed E-state index contributed by atoms with van der Waals surface area (Å²) in [5.41, 5.74) is 0.462. The Morgan fingerprint density at radius 1 is 0.882 bits per heavy atom. The molecule has 0 bridgehead atoms. The Morgan fingerprint density at radius 2 is 1.44 bits per heavy atom. The SMILES string of the molecule is CCCCCCCCCCCCN[C@@H](Cc1ccc(OCC(=O)OC(C)(C)C)cc1)C(=O)OC. The fourth-order valence-corrected chi connectivity index (χ4v) is 3.74. The molecule has 1 aromatic rings. The molecule has 1 atom stereocenters. The molecule has 0 aliphatic carbocycles. The molecule has 0 amide bonds. The van der Waals surface area contributed by atoms with Crippen LogP contribution in [0, 0.1) is 0 Å². The summed E-state index contributed by atoms with van der Waals surface area (Å²) in [6, 6.07) is 7.04. The van der Waals surface area contributed by atoms with Gasteiger partial charge in [-0.3, -0.25) is 4.79 Å². The van der Waals surface area contributed by atoms with Crippen molar-refractivity contribution in [3.8, 4) is 5.75 Å². The first-order chi connectivity index (χ1) is 16.2. The average Bonchev–Trinajstić information content (AvgIpc) is 2.79. The van der Waals surface area contributed by atoms with Crippen molar-refractivity contribution in [2.24, 2.45) is 0 Å². The Morgan fingerprint density at radius 3 is 1.97 bits per heavy atom. The monoisotopic (exact) mass is 477 g/mol. The molecule has 194 valence electrons. The summed E-state index contributed by atoms with van der Waals surface area (Å²) < 4.78 is 15.7. The summed E-state index contributed by atoms with van der Waals surface area (Å²) in [5.74, 6) is -0.0709. The molecule has 1 rings (SSSR count). The molecule has 0 aliphatic heterocycles. The summed E-state index contributed by atoms with van der Waals surface area (Å²) in [6.45, 7) is 8.38. The first kappa shape index (κ1) is 30.0. The van der Waals surface area contributed by atoms with Crippen molar-refractivity contribution in [2.45, 2.75) is 110 Å². The van der Waals surface area contributed by atoms with E-state index in [0.717, 1.165) is 18.5 Å². The third-order valence-electron chi connectivity index (χ3n) is 5.55. The zero-order valence-electron chi connectivity index (χ0n) is 22.1. The summed E-state index contributed by atoms with van der Waals surface area (Å²) >= 11 is 0. The van der Waals surface area contributed by atoms with Crippen LogP contribution in [0.1, 0.15) is 97.5 Å². The first-order valence-corrected chi connectivity index (χ1v) is 13.0. The highest BCUT2D eigenvalue weighted by molar-refractivity contribution is 5.76. The molecule has 1 N–H and O–H groups in total. The van der Waals surface area contributed by atoms with Gasteiger partial charge in [0, 0.05) is 0 Å². The van der Waals surface area contributed by atoms with Crippen molar-refractivity contribution in [1.29, 1.82) is 0 Å². The number of methoxy groups -OCH3 is 1. The number of hydrogen-bond donors (Lipinski definition) is 1. The van der Waals surface area contributed by atoms with Gasteiger partial charge < -0.3 is 19.5 Å². The highest BCUT2D eigenvalue weighted by Gasteiger charge is 2.19. The second kappa shape index (κ2) is 17.4. The van der Waals surface area contributed by atoms with Gasteiger partial charge in [0.25, 0.3) is 0 Å². The van der Waals surface area contributed by atoms with Gasteiger partial charge in [-0.05, 0) is 57.9 Å². The lowest BCUT2D eigenvalue weighted by molar-refractivity contribution is -0.157. The van der Waals surface area contributed by atoms with E-state index in [2.05, 4.69) is 12.2 Å². The van der Waals surface area contributed by atoms with Crippen LogP contribution in [0.15, 0.2) is 24.3 Å². The quantitative estimate of drug-likeness (QED) is 0.206. The number of esters is 2. The Kier molecular flexibility index (Phi) is 15.3. The van der Waals surface area contributed by atoms with E-state index in [4.69, 9.17) is 14.2 Å². The van der Waals surface area contributed by atoms with Gasteiger partial charge in [-0.15, -0.1) is 0 Å². The fourth-order valence-electron chi connectivity index (χ4n) is 3.74. The second-order valence-electron chi connectivity index (χ2n) is 9.94. The Labute approximate surface area is 207 Å². The maximum atomic E-state index is 12.2. The van der Waals surface area contributed by atoms with Crippen molar-refractivity contribution < 1.29 is 23.8 Å². The maximum Gasteiger partial charge on any atom is 0.344 e. The molecule has 34 heavy (non-hydrogen) atoms. The number of rotatable bonds is 18. The van der Waals surface area contributed by atoms with E-state index >= 15 is 0 Å². The van der Waals surface area contributed by atoms with Gasteiger partial charge in [-0.25, -0.2) is 4.79 Å². The molecule has 0 heterocycles. The zero-order chi connectivity index (χ0) is 25.2. The van der Waals surface area contributed by atoms with Crippen LogP contribution in [0.4, 0.5) is 0 Å². The van der Waals surface area contributed by atoms with Gasteiger partial charge in [0.15, 0.2) is 6.61 Å². The van der Waals surface area contributed by atoms with Crippen LogP contribution in [0.5, 0.6) is 5.75 Å². The topological polar surface area (TPSA) is 73.9 Å². The van der Waals surface area contributed by atoms with Crippen LogP contribution >= 0.6 is 0 Å². The van der Waals surface area contributed by atoms with Crippen molar-refractivity contribution in [3.05, 3.63) is 29.8 Å². The minimum atomic E-state index is -0.534. The largest absolute Gasteiger partial charge is 0.482 e. The van der Waals surface area contributed by atoms with Crippen LogP contribution in [0.2, 0.25) is 0 Å². The van der Waals surface area contributed by atoms with Crippen LogP contribution in [-0.4, -0.2) is 43.8 Å². The van der Waals surface area contributed by atoms with E-state index < -0.39 is 11.6 Å². The van der Waals surface area contributed by atoms with E-state index in [1.807, 2.05) is 32.9 Å². The highest BCUT2D eigenvalue weighted by Crippen LogP contribution is 2.15. The number of unbranched alkanes of at least 4 members (excludes halogenated alkanes) is 9. The Bertz CT molecular complexity index is 681. The maximum absolute atomic E-state index is 12.2. The van der Waals surface area contributed by atoms with E-state index in [9.17, 15) is 9.59 Å². The normalized spacial score (nSPS) is 12.3. The minimum absolute atomic E-state index is 0.137. The minimum Gasteiger partial charge on any atom is -0.482 e. The lowest BCUT2D eigenvalue weighted by Crippen LogP contribution is -2.40. The molecule has 1 aromatic carbocycles. The van der Waals surface area contributed by atoms with E-state index in [-0.39, 0.29) is 18.6 Å². The number of hydrogen-bond acceptors (Lipinski definition) is 6. The van der Waals surface area contributed by atoms with Gasteiger partial charge in [-0.2, -0.15) is 0 Å². The smallest absolute Gasteiger partial charge is 0.344 e. The van der Waals surface area contributed by atoms with Crippen molar-refractivity contribution >= 4 is 11.9 Å². The van der Waals surface area contributed by atoms with Crippen LogP contribution in [0.25, 0.3) is 0 Å². The molecule has 6 heteroatoms. The lowest BCUT2D eigenvalue weighted by Gasteiger charge is -2.19. The van der Waals surface area contributed by atoms with Crippen LogP contribution in [-0.2, 0) is 25.5 Å². The number of carbonyl (C=O) groups excluding carboxylic acids is 2. The molecular formula is C28H47NO5. The van der Waals surface area contributed by atoms with E-state index in [0.29, 0.717) is 12.2 Å². The van der Waals surface area contributed by atoms with Gasteiger partial charge >= 0.3 is 11.9 Å². The molecule has 0 saturated carbocycles. The van der Waals surface area contributed by atoms with Crippen LogP contribution in [0.3, 0.4) is 0 Å². The predicted octanol–water partition coefficient (Wildman–Crippen LogP) is 6.00. The Hall–Kier alpha value is -2.08. The van der Waals surface area contributed by atoms with Gasteiger partial charge in [-0.1, -0.05) is 76.8 Å². The molecule has 0 saturated heterocycles. The van der Waals surface area contributed by atoms with Crippen LogP contribution < -0.4 is 10.1 Å². The number of nitrogens with one attached hydrogen (secondary N) is 1. The molecule has 0 aliphatic rings. The van der Waals surface area contributed by atoms with E-state index in [1.165, 1.54) is 64.9 Å². The van der Waals surface area contributed by atoms with E-state index in [1.54, 1.807) is 12.1 Å². The molecule has 0 unspecified atom stereocenters. The Balaban J connectivity index is 2.32. The van der Waals surface area contributed by atoms with Gasteiger partial charge in [0.05, 0.1) is 7.11 Å². The number of carbonyl (C=O) groups is 2. The molecule has 0 fully saturated rings. The van der Waals surface area contributed by atoms with Gasteiger partial charge in [0.2, 0.25) is 0 Å². The third kappa shape index (κ3) is 14.9. The third-order valence-corrected chi connectivity index (χ3v) is 5.55. The van der Waals surface area contributed by atoms with Crippen molar-refractivity contribution in [1.82, 2.24) is 5.32 Å². The van der Waals surface area contributed by atoms with Crippen molar-refractivity contribution in [2.75, 3.05) is 20.3 Å². The zero-order valence-corrected chi connectivity index (χ0v) is 22.1. The molecule has 6 nitrogen and oxygen atoms in total. The standard InChI is InChI=1S/C28H47NO5/c1-6-7-8-9-10-11-12-13-14-15-20-29-25(27(31)32-5)21-23-16-18-24(19-17-23)33-22-26(30)34-28(2,3)4/h16-19,25,29H,6-15,20-22H2,1-5H3/t25-/m0/s1. The number of benzene rings is 1. The molecule has 0 aromatic heterocycles. The molecule has 0 radical (unpaired) electrons. The predicted molar refractivity (Wildman–Crippen MR) is 137 cm³/mol. The average molecular weight is 478 g/mol.